The summed E-state index contributed by atoms with van der Waals surface area (Å²) in [6.45, 7) is 0. The van der Waals surface area contributed by atoms with Gasteiger partial charge in [-0.05, 0) is 30.3 Å². The number of carbonyl (C=O) groups is 1. The van der Waals surface area contributed by atoms with Gasteiger partial charge in [-0.3, -0.25) is 4.79 Å². The maximum Gasteiger partial charge on any atom is 0.257 e. The highest BCUT2D eigenvalue weighted by Crippen LogP contribution is 2.22. The number of nitrogens with one attached hydrogen (secondary N) is 1. The predicted molar refractivity (Wildman–Crippen MR) is 81.7 cm³/mol. The van der Waals surface area contributed by atoms with Crippen molar-refractivity contribution in [1.29, 1.82) is 0 Å². The van der Waals surface area contributed by atoms with Crippen molar-refractivity contribution in [2.45, 2.75) is 0 Å². The molecule has 3 N–H and O–H groups in total. The maximum atomic E-state index is 13.7. The lowest BCUT2D eigenvalue weighted by atomic mass is 10.1. The SMILES string of the molecule is NC(=S)c1c(F)cccc1NC(=O)c1ccc(F)cc1Cl. The molecular formula is C14H9ClF2N2OS. The van der Waals surface area contributed by atoms with E-state index in [0.29, 0.717) is 0 Å². The van der Waals surface area contributed by atoms with Crippen molar-refractivity contribution >= 4 is 40.4 Å². The van der Waals surface area contributed by atoms with E-state index in [1.54, 1.807) is 0 Å². The van der Waals surface area contributed by atoms with Crippen LogP contribution in [0.15, 0.2) is 36.4 Å². The summed E-state index contributed by atoms with van der Waals surface area (Å²) in [4.78, 5) is 11.9. The fourth-order valence-electron chi connectivity index (χ4n) is 1.74. The zero-order valence-corrected chi connectivity index (χ0v) is 12.1. The van der Waals surface area contributed by atoms with Gasteiger partial charge in [0.1, 0.15) is 16.6 Å². The average molecular weight is 327 g/mol. The lowest BCUT2D eigenvalue weighted by Crippen LogP contribution is -2.19. The molecule has 7 heteroatoms. The Kier molecular flexibility index (Phi) is 4.50. The molecule has 0 aliphatic carbocycles. The Morgan fingerprint density at radius 1 is 1.24 bits per heavy atom. The Morgan fingerprint density at radius 3 is 2.57 bits per heavy atom. The van der Waals surface area contributed by atoms with Crippen LogP contribution in [-0.2, 0) is 0 Å². The minimum Gasteiger partial charge on any atom is -0.389 e. The van der Waals surface area contributed by atoms with Gasteiger partial charge in [0, 0.05) is 0 Å². The fraction of sp³-hybridized carbons (Fsp3) is 0. The largest absolute Gasteiger partial charge is 0.389 e. The van der Waals surface area contributed by atoms with Gasteiger partial charge in [-0.2, -0.15) is 0 Å². The summed E-state index contributed by atoms with van der Waals surface area (Å²) in [6.07, 6.45) is 0. The predicted octanol–water partition coefficient (Wildman–Crippen LogP) is 3.50. The number of rotatable bonds is 3. The van der Waals surface area contributed by atoms with Crippen LogP contribution in [0.25, 0.3) is 0 Å². The van der Waals surface area contributed by atoms with Crippen molar-refractivity contribution in [3.05, 3.63) is 64.2 Å². The van der Waals surface area contributed by atoms with Gasteiger partial charge in [0.15, 0.2) is 0 Å². The normalized spacial score (nSPS) is 10.2. The van der Waals surface area contributed by atoms with E-state index < -0.39 is 17.5 Å². The molecule has 0 aliphatic heterocycles. The maximum absolute atomic E-state index is 13.7. The highest BCUT2D eigenvalue weighted by molar-refractivity contribution is 7.80. The number of anilines is 1. The Balaban J connectivity index is 2.36. The molecule has 0 spiro atoms. The number of nitrogens with two attached hydrogens (primary N) is 1. The number of thiocarbonyl (C=S) groups is 1. The van der Waals surface area contributed by atoms with Crippen LogP contribution in [-0.4, -0.2) is 10.9 Å². The Morgan fingerprint density at radius 2 is 1.95 bits per heavy atom. The van der Waals surface area contributed by atoms with Crippen molar-refractivity contribution in [2.24, 2.45) is 5.73 Å². The Bertz CT molecular complexity index is 737. The van der Waals surface area contributed by atoms with Gasteiger partial charge in [0.2, 0.25) is 0 Å². The molecule has 108 valence electrons. The lowest BCUT2D eigenvalue weighted by Gasteiger charge is -2.11. The molecule has 0 fully saturated rings. The van der Waals surface area contributed by atoms with Crippen LogP contribution in [0.3, 0.4) is 0 Å². The summed E-state index contributed by atoms with van der Waals surface area (Å²) in [5.41, 5.74) is 5.54. The number of halogens is 3. The van der Waals surface area contributed by atoms with E-state index in [4.69, 9.17) is 29.6 Å². The van der Waals surface area contributed by atoms with Gasteiger partial charge in [-0.25, -0.2) is 8.78 Å². The van der Waals surface area contributed by atoms with Gasteiger partial charge in [-0.15, -0.1) is 0 Å². The summed E-state index contributed by atoms with van der Waals surface area (Å²) in [7, 11) is 0. The van der Waals surface area contributed by atoms with Crippen molar-refractivity contribution in [3.63, 3.8) is 0 Å². The summed E-state index contributed by atoms with van der Waals surface area (Å²) in [5, 5.41) is 2.40. The van der Waals surface area contributed by atoms with Gasteiger partial charge >= 0.3 is 0 Å². The standard InChI is InChI=1S/C14H9ClF2N2OS/c15-9-6-7(16)4-5-8(9)14(20)19-11-3-1-2-10(17)12(11)13(18)21/h1-6H,(H2,18,21)(H,19,20). The van der Waals surface area contributed by atoms with Crippen LogP contribution in [0, 0.1) is 11.6 Å². The molecule has 0 aliphatic rings. The smallest absolute Gasteiger partial charge is 0.257 e. The highest BCUT2D eigenvalue weighted by atomic mass is 35.5. The second-order valence-corrected chi connectivity index (χ2v) is 4.95. The molecule has 2 aromatic carbocycles. The minimum atomic E-state index is -0.648. The number of hydrogen-bond donors (Lipinski definition) is 2. The van der Waals surface area contributed by atoms with Crippen LogP contribution >= 0.6 is 23.8 Å². The molecule has 0 radical (unpaired) electrons. The highest BCUT2D eigenvalue weighted by Gasteiger charge is 2.16. The Hall–Kier alpha value is -2.05. The Labute approximate surface area is 129 Å². The molecular weight excluding hydrogens is 318 g/mol. The number of hydrogen-bond acceptors (Lipinski definition) is 2. The second kappa shape index (κ2) is 6.15. The van der Waals surface area contributed by atoms with Crippen LogP contribution in [0.2, 0.25) is 5.02 Å². The van der Waals surface area contributed by atoms with Gasteiger partial charge in [0.25, 0.3) is 5.91 Å². The van der Waals surface area contributed by atoms with Gasteiger partial charge in [0.05, 0.1) is 21.8 Å². The van der Waals surface area contributed by atoms with Crippen LogP contribution in [0.1, 0.15) is 15.9 Å². The molecule has 0 heterocycles. The van der Waals surface area contributed by atoms with Crippen molar-refractivity contribution < 1.29 is 13.6 Å². The number of benzene rings is 2. The van der Waals surface area contributed by atoms with Crippen LogP contribution < -0.4 is 11.1 Å². The van der Waals surface area contributed by atoms with E-state index in [1.807, 2.05) is 0 Å². The second-order valence-electron chi connectivity index (χ2n) is 4.10. The van der Waals surface area contributed by atoms with E-state index in [2.05, 4.69) is 5.32 Å². The first-order valence-electron chi connectivity index (χ1n) is 5.75. The molecule has 0 unspecified atom stereocenters. The first-order valence-corrected chi connectivity index (χ1v) is 6.53. The lowest BCUT2D eigenvalue weighted by molar-refractivity contribution is 0.102. The van der Waals surface area contributed by atoms with Crippen LogP contribution in [0.5, 0.6) is 0 Å². The summed E-state index contributed by atoms with van der Waals surface area (Å²) < 4.78 is 26.7. The molecule has 0 atom stereocenters. The molecule has 3 nitrogen and oxygen atoms in total. The zero-order valence-electron chi connectivity index (χ0n) is 10.5. The molecule has 0 saturated carbocycles. The third kappa shape index (κ3) is 3.34. The van der Waals surface area contributed by atoms with E-state index in [0.717, 1.165) is 12.1 Å². The van der Waals surface area contributed by atoms with Gasteiger partial charge in [-0.1, -0.05) is 29.9 Å². The first kappa shape index (κ1) is 15.3. The summed E-state index contributed by atoms with van der Waals surface area (Å²) in [5.74, 6) is -1.83. The van der Waals surface area contributed by atoms with Crippen molar-refractivity contribution in [3.8, 4) is 0 Å². The quantitative estimate of drug-likeness (QED) is 0.849. The molecule has 2 rings (SSSR count). The number of amides is 1. The van der Waals surface area contributed by atoms with Crippen LogP contribution in [0.4, 0.5) is 14.5 Å². The molecule has 21 heavy (non-hydrogen) atoms. The third-order valence-electron chi connectivity index (χ3n) is 2.68. The summed E-state index contributed by atoms with van der Waals surface area (Å²) in [6, 6.07) is 7.37. The average Bonchev–Trinajstić information content (AvgIpc) is 2.37. The van der Waals surface area contributed by atoms with E-state index >= 15 is 0 Å². The van der Waals surface area contributed by atoms with Crippen molar-refractivity contribution in [2.75, 3.05) is 5.32 Å². The summed E-state index contributed by atoms with van der Waals surface area (Å²) >= 11 is 10.6. The molecule has 1 amide bonds. The molecule has 2 aromatic rings. The van der Waals surface area contributed by atoms with E-state index in [1.165, 1.54) is 24.3 Å². The van der Waals surface area contributed by atoms with Gasteiger partial charge < -0.3 is 11.1 Å². The zero-order chi connectivity index (χ0) is 15.6. The molecule has 0 saturated heterocycles. The number of carbonyl (C=O) groups excluding carboxylic acids is 1. The fourth-order valence-corrected chi connectivity index (χ4v) is 2.20. The monoisotopic (exact) mass is 326 g/mol. The van der Waals surface area contributed by atoms with Crippen molar-refractivity contribution in [1.82, 2.24) is 0 Å². The first-order chi connectivity index (χ1) is 9.90. The third-order valence-corrected chi connectivity index (χ3v) is 3.20. The minimum absolute atomic E-state index is 0.0521. The van der Waals surface area contributed by atoms with E-state index in [-0.39, 0.29) is 26.8 Å². The van der Waals surface area contributed by atoms with E-state index in [9.17, 15) is 13.6 Å². The topological polar surface area (TPSA) is 55.1 Å². The molecule has 0 aromatic heterocycles. The molecule has 0 bridgehead atoms.